The highest BCUT2D eigenvalue weighted by molar-refractivity contribution is 8.03. The van der Waals surface area contributed by atoms with Gasteiger partial charge in [0.25, 0.3) is 0 Å². The molecule has 0 bridgehead atoms. The maximum Gasteiger partial charge on any atom is 0.0116 e. The fraction of sp³-hybridized carbons (Fsp3) is 0.700. The van der Waals surface area contributed by atoms with E-state index in [9.17, 15) is 0 Å². The van der Waals surface area contributed by atoms with E-state index in [1.807, 2.05) is 77.6 Å². The van der Waals surface area contributed by atoms with Crippen molar-refractivity contribution in [2.24, 2.45) is 5.41 Å². The molecule has 0 unspecified atom stereocenters. The van der Waals surface area contributed by atoms with Crippen molar-refractivity contribution in [1.82, 2.24) is 0 Å². The summed E-state index contributed by atoms with van der Waals surface area (Å²) in [4.78, 5) is 0. The summed E-state index contributed by atoms with van der Waals surface area (Å²) in [6.07, 6.45) is 10.3. The van der Waals surface area contributed by atoms with Gasteiger partial charge in [-0.05, 0) is 24.7 Å². The van der Waals surface area contributed by atoms with Crippen LogP contribution in [0.3, 0.4) is 0 Å². The van der Waals surface area contributed by atoms with Crippen LogP contribution in [0.2, 0.25) is 0 Å². The van der Waals surface area contributed by atoms with Crippen molar-refractivity contribution in [3.63, 3.8) is 0 Å². The molecule has 0 atom stereocenters. The van der Waals surface area contributed by atoms with Crippen molar-refractivity contribution in [1.29, 1.82) is 0 Å². The van der Waals surface area contributed by atoms with Crippen molar-refractivity contribution in [2.45, 2.75) is 87.8 Å². The van der Waals surface area contributed by atoms with Crippen molar-refractivity contribution >= 4 is 11.8 Å². The zero-order chi connectivity index (χ0) is 17.9. The van der Waals surface area contributed by atoms with Gasteiger partial charge in [-0.3, -0.25) is 0 Å². The van der Waals surface area contributed by atoms with Gasteiger partial charge in [0.2, 0.25) is 0 Å². The molecule has 0 radical (unpaired) electrons. The average Bonchev–Trinajstić information content (AvgIpc) is 2.38. The van der Waals surface area contributed by atoms with Crippen LogP contribution < -0.4 is 0 Å². The summed E-state index contributed by atoms with van der Waals surface area (Å²) in [5.41, 5.74) is 0.318. The SMILES string of the molecule is C/C=C\C=C/C.CC.CC.CC(C)(C)/C=C\SC(C)(C)C. The average molecular weight is 315 g/mol. The molecule has 0 aliphatic heterocycles. The smallest absolute Gasteiger partial charge is 0.0116 e. The van der Waals surface area contributed by atoms with Gasteiger partial charge in [0, 0.05) is 4.75 Å². The molecule has 0 aromatic carbocycles. The van der Waals surface area contributed by atoms with Crippen LogP contribution in [0.1, 0.15) is 83.1 Å². The zero-order valence-corrected chi connectivity index (χ0v) is 17.7. The van der Waals surface area contributed by atoms with Crippen molar-refractivity contribution in [3.05, 3.63) is 35.8 Å². The summed E-state index contributed by atoms with van der Waals surface area (Å²) in [6, 6.07) is 0. The molecule has 0 aromatic rings. The van der Waals surface area contributed by atoms with Crippen molar-refractivity contribution < 1.29 is 0 Å². The van der Waals surface area contributed by atoms with E-state index in [0.717, 1.165) is 0 Å². The Hall–Kier alpha value is -0.430. The summed E-state index contributed by atoms with van der Waals surface area (Å²) in [6.45, 7) is 25.3. The van der Waals surface area contributed by atoms with Gasteiger partial charge in [-0.25, -0.2) is 0 Å². The molecule has 0 aliphatic rings. The molecule has 0 heterocycles. The van der Waals surface area contributed by atoms with Gasteiger partial charge >= 0.3 is 0 Å². The predicted molar refractivity (Wildman–Crippen MR) is 108 cm³/mol. The largest absolute Gasteiger partial charge is 0.128 e. The van der Waals surface area contributed by atoms with Crippen molar-refractivity contribution in [3.8, 4) is 0 Å². The Balaban J connectivity index is -0.000000122. The third-order valence-electron chi connectivity index (χ3n) is 1.49. The number of rotatable bonds is 2. The normalized spacial score (nSPS) is 11.4. The Labute approximate surface area is 141 Å². The van der Waals surface area contributed by atoms with E-state index in [4.69, 9.17) is 0 Å². The molecule has 0 fully saturated rings. The van der Waals surface area contributed by atoms with Crippen LogP contribution >= 0.6 is 11.8 Å². The lowest BCUT2D eigenvalue weighted by Crippen LogP contribution is -2.05. The standard InChI is InChI=1S/C10H20S.C6H10.2C2H6/c1-9(2,3)7-8-11-10(4,5)6;1-3-5-6-4-2;2*1-2/h7-8H,1-6H3;3-6H,1-2H3;2*1-2H3/b8-7-;5-3-,6-4-;;. The summed E-state index contributed by atoms with van der Waals surface area (Å²) in [7, 11) is 0. The van der Waals surface area contributed by atoms with Crippen LogP contribution in [0.25, 0.3) is 0 Å². The molecule has 0 nitrogen and oxygen atoms in total. The van der Waals surface area contributed by atoms with Crippen LogP contribution in [-0.4, -0.2) is 4.75 Å². The van der Waals surface area contributed by atoms with Gasteiger partial charge in [0.1, 0.15) is 0 Å². The lowest BCUT2D eigenvalue weighted by atomic mass is 9.98. The molecule has 0 amide bonds. The first-order valence-corrected chi connectivity index (χ1v) is 9.10. The predicted octanol–water partition coefficient (Wildman–Crippen LogP) is 8.27. The lowest BCUT2D eigenvalue weighted by molar-refractivity contribution is 0.545. The summed E-state index contributed by atoms with van der Waals surface area (Å²) in [5, 5.41) is 2.21. The van der Waals surface area contributed by atoms with E-state index in [1.54, 1.807) is 0 Å². The number of hydrogen-bond acceptors (Lipinski definition) is 1. The first-order valence-electron chi connectivity index (χ1n) is 8.22. The molecule has 0 saturated heterocycles. The second-order valence-electron chi connectivity index (χ2n) is 5.95. The molecule has 0 rings (SSSR count). The fourth-order valence-electron chi connectivity index (χ4n) is 0.664. The van der Waals surface area contributed by atoms with E-state index in [1.165, 1.54) is 0 Å². The molecular formula is C20H42S. The Morgan fingerprint density at radius 2 is 1.00 bits per heavy atom. The summed E-state index contributed by atoms with van der Waals surface area (Å²) < 4.78 is 0.349. The third-order valence-corrected chi connectivity index (χ3v) is 2.46. The molecule has 0 aromatic heterocycles. The second kappa shape index (κ2) is 19.6. The van der Waals surface area contributed by atoms with Crippen LogP contribution in [0.5, 0.6) is 0 Å². The molecule has 1 heteroatoms. The summed E-state index contributed by atoms with van der Waals surface area (Å²) >= 11 is 1.88. The highest BCUT2D eigenvalue weighted by Crippen LogP contribution is 2.26. The van der Waals surface area contributed by atoms with Gasteiger partial charge in [0.15, 0.2) is 0 Å². The lowest BCUT2D eigenvalue weighted by Gasteiger charge is -2.16. The first-order chi connectivity index (χ1) is 9.62. The van der Waals surface area contributed by atoms with Crippen LogP contribution in [0, 0.1) is 5.41 Å². The van der Waals surface area contributed by atoms with E-state index in [0.29, 0.717) is 10.2 Å². The maximum atomic E-state index is 2.25. The van der Waals surface area contributed by atoms with Gasteiger partial charge in [-0.15, -0.1) is 11.8 Å². The van der Waals surface area contributed by atoms with Crippen LogP contribution in [-0.2, 0) is 0 Å². The molecule has 128 valence electrons. The topological polar surface area (TPSA) is 0 Å². The van der Waals surface area contributed by atoms with E-state index in [-0.39, 0.29) is 0 Å². The Bertz CT molecular complexity index is 234. The van der Waals surface area contributed by atoms with Gasteiger partial charge in [-0.1, -0.05) is 99.6 Å². The van der Waals surface area contributed by atoms with Gasteiger partial charge < -0.3 is 0 Å². The third kappa shape index (κ3) is 54.1. The number of allylic oxidation sites excluding steroid dienone is 5. The quantitative estimate of drug-likeness (QED) is 0.462. The molecule has 0 saturated carbocycles. The molecule has 21 heavy (non-hydrogen) atoms. The highest BCUT2D eigenvalue weighted by atomic mass is 32.2. The summed E-state index contributed by atoms with van der Waals surface area (Å²) in [5.74, 6) is 0. The molecule has 0 aliphatic carbocycles. The minimum absolute atomic E-state index is 0.318. The second-order valence-corrected chi connectivity index (χ2v) is 7.68. The van der Waals surface area contributed by atoms with E-state index < -0.39 is 0 Å². The minimum atomic E-state index is 0.318. The highest BCUT2D eigenvalue weighted by Gasteiger charge is 2.09. The van der Waals surface area contributed by atoms with Gasteiger partial charge in [0.05, 0.1) is 0 Å². The zero-order valence-electron chi connectivity index (χ0n) is 16.9. The number of thioether (sulfide) groups is 1. The van der Waals surface area contributed by atoms with Gasteiger partial charge in [-0.2, -0.15) is 0 Å². The van der Waals surface area contributed by atoms with Crippen LogP contribution in [0.15, 0.2) is 35.8 Å². The Morgan fingerprint density at radius 3 is 1.19 bits per heavy atom. The Morgan fingerprint density at radius 1 is 0.667 bits per heavy atom. The Kier molecular flexibility index (Phi) is 26.7. The first kappa shape index (κ1) is 28.7. The fourth-order valence-corrected chi connectivity index (χ4v) is 1.55. The maximum absolute atomic E-state index is 2.25. The van der Waals surface area contributed by atoms with Crippen molar-refractivity contribution in [2.75, 3.05) is 0 Å². The molecule has 0 N–H and O–H groups in total. The minimum Gasteiger partial charge on any atom is -0.128 e. The van der Waals surface area contributed by atoms with Crippen LogP contribution in [0.4, 0.5) is 0 Å². The van der Waals surface area contributed by atoms with E-state index in [2.05, 4.69) is 53.0 Å². The monoisotopic (exact) mass is 314 g/mol. The molecular weight excluding hydrogens is 272 g/mol. The number of hydrogen-bond donors (Lipinski definition) is 0. The molecule has 0 spiro atoms. The van der Waals surface area contributed by atoms with E-state index >= 15 is 0 Å².